The van der Waals surface area contributed by atoms with Gasteiger partial charge in [-0.2, -0.15) is 0 Å². The summed E-state index contributed by atoms with van der Waals surface area (Å²) in [5.41, 5.74) is 0.329. The third-order valence-electron chi connectivity index (χ3n) is 9.15. The first kappa shape index (κ1) is 37.2. The van der Waals surface area contributed by atoms with Crippen molar-refractivity contribution in [2.75, 3.05) is 40.9 Å². The Morgan fingerprint density at radius 3 is 2.29 bits per heavy atom. The van der Waals surface area contributed by atoms with Crippen LogP contribution in [0, 0.1) is 17.8 Å². The van der Waals surface area contributed by atoms with E-state index < -0.39 is 29.1 Å². The van der Waals surface area contributed by atoms with Gasteiger partial charge < -0.3 is 34.1 Å². The number of likely N-dealkylation sites (N-methyl/N-ethyl adjacent to an activating group) is 1. The van der Waals surface area contributed by atoms with E-state index in [1.54, 1.807) is 48.9 Å². The van der Waals surface area contributed by atoms with Crippen LogP contribution >= 0.6 is 0 Å². The number of likely N-dealkylation sites (tertiary alicyclic amines) is 1. The highest BCUT2D eigenvalue weighted by Crippen LogP contribution is 2.35. The van der Waals surface area contributed by atoms with E-state index in [1.807, 2.05) is 30.9 Å². The second-order valence-electron chi connectivity index (χ2n) is 15.5. The molecule has 2 heterocycles. The molecular weight excluding hydrogens is 610 g/mol. The van der Waals surface area contributed by atoms with Gasteiger partial charge in [-0.15, -0.1) is 0 Å². The van der Waals surface area contributed by atoms with Gasteiger partial charge in [0.1, 0.15) is 11.1 Å². The molecule has 1 saturated heterocycles. The molecule has 266 valence electrons. The lowest BCUT2D eigenvalue weighted by molar-refractivity contribution is -0.144. The Bertz CT molecular complexity index is 1460. The Hall–Kier alpha value is -3.60. The second-order valence-corrected chi connectivity index (χ2v) is 15.5. The third kappa shape index (κ3) is 9.30. The molecule has 0 bridgehead atoms. The van der Waals surface area contributed by atoms with Crippen molar-refractivity contribution in [3.05, 3.63) is 36.0 Å². The standard InChI is InChI=1S/C37H57N5O6/c1-25(2)20-37(6,34(45)39(7)8)38-32(43)26-19-27(22-41(21-26)35(46)48-36(3,4)5)33(44)42(29-15-16-29)24-28-23-40(17-12-18-47-9)31-14-11-10-13-30(28)31/h10-11,13-14,23,25-27,29H,12,15-22,24H2,1-9H3,(H,38,43)/t26-,27+,37?/m0/s1. The fourth-order valence-corrected chi connectivity index (χ4v) is 7.02. The lowest BCUT2D eigenvalue weighted by atomic mass is 9.85. The van der Waals surface area contributed by atoms with Crippen LogP contribution in [0.2, 0.25) is 0 Å². The van der Waals surface area contributed by atoms with Crippen molar-refractivity contribution in [2.45, 2.75) is 104 Å². The van der Waals surface area contributed by atoms with Gasteiger partial charge in [-0.3, -0.25) is 14.4 Å². The van der Waals surface area contributed by atoms with E-state index in [9.17, 15) is 19.2 Å². The van der Waals surface area contributed by atoms with Gasteiger partial charge in [0.15, 0.2) is 0 Å². The summed E-state index contributed by atoms with van der Waals surface area (Å²) in [6.07, 6.45) is 5.04. The van der Waals surface area contributed by atoms with Crippen molar-refractivity contribution in [3.8, 4) is 0 Å². The van der Waals surface area contributed by atoms with Crippen molar-refractivity contribution >= 4 is 34.7 Å². The van der Waals surface area contributed by atoms with Crippen molar-refractivity contribution in [2.24, 2.45) is 17.8 Å². The summed E-state index contributed by atoms with van der Waals surface area (Å²) in [4.78, 5) is 60.2. The van der Waals surface area contributed by atoms with E-state index in [0.717, 1.165) is 42.3 Å². The number of aryl methyl sites for hydroxylation is 1. The monoisotopic (exact) mass is 667 g/mol. The number of carbonyl (C=O) groups excluding carboxylic acids is 4. The Balaban J connectivity index is 1.62. The zero-order chi connectivity index (χ0) is 35.4. The zero-order valence-electron chi connectivity index (χ0n) is 30.5. The molecule has 11 nitrogen and oxygen atoms in total. The number of carbonyl (C=O) groups is 4. The number of methoxy groups -OCH3 is 1. The van der Waals surface area contributed by atoms with E-state index >= 15 is 0 Å². The molecule has 2 aromatic rings. The molecule has 1 aliphatic heterocycles. The molecule has 2 fully saturated rings. The van der Waals surface area contributed by atoms with Crippen LogP contribution < -0.4 is 5.32 Å². The number of rotatable bonds is 13. The number of nitrogens with zero attached hydrogens (tertiary/aromatic N) is 4. The first-order valence-electron chi connectivity index (χ1n) is 17.4. The van der Waals surface area contributed by atoms with Crippen molar-refractivity contribution in [1.82, 2.24) is 24.6 Å². The first-order valence-corrected chi connectivity index (χ1v) is 17.4. The molecule has 1 aliphatic carbocycles. The third-order valence-corrected chi connectivity index (χ3v) is 9.15. The number of amides is 4. The predicted octanol–water partition coefficient (Wildman–Crippen LogP) is 5.05. The van der Waals surface area contributed by atoms with Crippen LogP contribution in [0.3, 0.4) is 0 Å². The maximum absolute atomic E-state index is 14.5. The second kappa shape index (κ2) is 15.3. The van der Waals surface area contributed by atoms with Crippen LogP contribution in [-0.2, 0) is 36.9 Å². The normalized spacial score (nSPS) is 19.6. The van der Waals surface area contributed by atoms with E-state index in [1.165, 1.54) is 9.80 Å². The SMILES string of the molecule is COCCCn1cc(CN(C(=O)[C@@H]2C[C@H](C(=O)NC(C)(CC(C)C)C(=O)N(C)C)CN(C(=O)OC(C)(C)C)C2)C2CC2)c2ccccc21. The predicted molar refractivity (Wildman–Crippen MR) is 186 cm³/mol. The molecule has 1 unspecified atom stereocenters. The number of para-hydroxylation sites is 1. The highest BCUT2D eigenvalue weighted by Gasteiger charge is 2.45. The van der Waals surface area contributed by atoms with Gasteiger partial charge in [0.2, 0.25) is 17.7 Å². The molecule has 48 heavy (non-hydrogen) atoms. The first-order chi connectivity index (χ1) is 22.5. The zero-order valence-corrected chi connectivity index (χ0v) is 30.5. The van der Waals surface area contributed by atoms with Gasteiger partial charge in [0, 0.05) is 77.1 Å². The Morgan fingerprint density at radius 1 is 1.02 bits per heavy atom. The lowest BCUT2D eigenvalue weighted by Gasteiger charge is -2.40. The highest BCUT2D eigenvalue weighted by atomic mass is 16.6. The molecule has 1 saturated carbocycles. The van der Waals surface area contributed by atoms with Crippen LogP contribution in [-0.4, -0.2) is 101 Å². The average Bonchev–Trinajstić information content (AvgIpc) is 3.80. The van der Waals surface area contributed by atoms with Gasteiger partial charge in [-0.1, -0.05) is 32.0 Å². The number of fused-ring (bicyclic) bond motifs is 1. The van der Waals surface area contributed by atoms with Crippen LogP contribution in [0.25, 0.3) is 10.9 Å². The Labute approximate surface area is 286 Å². The fourth-order valence-electron chi connectivity index (χ4n) is 7.02. The fraction of sp³-hybridized carbons (Fsp3) is 0.676. The smallest absolute Gasteiger partial charge is 0.410 e. The summed E-state index contributed by atoms with van der Waals surface area (Å²) in [6, 6.07) is 8.36. The maximum Gasteiger partial charge on any atom is 0.410 e. The van der Waals surface area contributed by atoms with Gasteiger partial charge in [0.25, 0.3) is 0 Å². The minimum atomic E-state index is -1.13. The summed E-state index contributed by atoms with van der Waals surface area (Å²) in [5, 5.41) is 4.16. The molecule has 1 aromatic heterocycles. The molecule has 0 spiro atoms. The van der Waals surface area contributed by atoms with Crippen LogP contribution in [0.5, 0.6) is 0 Å². The van der Waals surface area contributed by atoms with Crippen LogP contribution in [0.1, 0.15) is 79.2 Å². The Kier molecular flexibility index (Phi) is 11.9. The van der Waals surface area contributed by atoms with E-state index in [4.69, 9.17) is 9.47 Å². The summed E-state index contributed by atoms with van der Waals surface area (Å²) in [6.45, 7) is 13.4. The summed E-state index contributed by atoms with van der Waals surface area (Å²) < 4.78 is 13.2. The molecule has 4 amide bonds. The molecule has 4 rings (SSSR count). The molecule has 0 radical (unpaired) electrons. The molecule has 3 atom stereocenters. The highest BCUT2D eigenvalue weighted by molar-refractivity contribution is 5.92. The van der Waals surface area contributed by atoms with Gasteiger partial charge in [0.05, 0.1) is 11.8 Å². The number of aromatic nitrogens is 1. The quantitative estimate of drug-likeness (QED) is 0.299. The molecule has 11 heteroatoms. The average molecular weight is 668 g/mol. The van der Waals surface area contributed by atoms with E-state index in [0.29, 0.717) is 19.6 Å². The number of benzene rings is 1. The van der Waals surface area contributed by atoms with E-state index in [2.05, 4.69) is 28.2 Å². The van der Waals surface area contributed by atoms with E-state index in [-0.39, 0.29) is 49.2 Å². The van der Waals surface area contributed by atoms with Crippen molar-refractivity contribution in [3.63, 3.8) is 0 Å². The Morgan fingerprint density at radius 2 is 1.69 bits per heavy atom. The number of hydrogen-bond donors (Lipinski definition) is 1. The van der Waals surface area contributed by atoms with Gasteiger partial charge in [-0.25, -0.2) is 4.79 Å². The molecule has 1 aromatic carbocycles. The lowest BCUT2D eigenvalue weighted by Crippen LogP contribution is -2.60. The number of ether oxygens (including phenoxy) is 2. The molecule has 1 N–H and O–H groups in total. The topological polar surface area (TPSA) is 113 Å². The summed E-state index contributed by atoms with van der Waals surface area (Å²) in [5.74, 6) is -1.73. The summed E-state index contributed by atoms with van der Waals surface area (Å²) >= 11 is 0. The van der Waals surface area contributed by atoms with Crippen LogP contribution in [0.4, 0.5) is 4.79 Å². The molecule has 2 aliphatic rings. The molecular formula is C37H57N5O6. The largest absolute Gasteiger partial charge is 0.444 e. The van der Waals surface area contributed by atoms with Crippen molar-refractivity contribution in [1.29, 1.82) is 0 Å². The number of nitrogens with one attached hydrogen (secondary N) is 1. The van der Waals surface area contributed by atoms with Crippen LogP contribution in [0.15, 0.2) is 30.5 Å². The van der Waals surface area contributed by atoms with Gasteiger partial charge in [-0.05, 0) is 77.3 Å². The number of hydrogen-bond acceptors (Lipinski definition) is 6. The summed E-state index contributed by atoms with van der Waals surface area (Å²) in [7, 11) is 5.06. The van der Waals surface area contributed by atoms with Gasteiger partial charge >= 0.3 is 6.09 Å². The minimum absolute atomic E-state index is 0.0610. The number of piperidine rings is 1. The van der Waals surface area contributed by atoms with Crippen molar-refractivity contribution < 1.29 is 28.7 Å². The minimum Gasteiger partial charge on any atom is -0.444 e. The maximum atomic E-state index is 14.5.